The summed E-state index contributed by atoms with van der Waals surface area (Å²) in [6.45, 7) is 0.422. The lowest BCUT2D eigenvalue weighted by atomic mass is 9.85. The van der Waals surface area contributed by atoms with E-state index in [1.807, 2.05) is 24.3 Å². The summed E-state index contributed by atoms with van der Waals surface area (Å²) in [5.41, 5.74) is 2.05. The van der Waals surface area contributed by atoms with Gasteiger partial charge in [0.25, 0.3) is 11.8 Å². The van der Waals surface area contributed by atoms with Crippen LogP contribution in [0.1, 0.15) is 52.2 Å². The van der Waals surface area contributed by atoms with E-state index in [0.717, 1.165) is 17.8 Å². The van der Waals surface area contributed by atoms with Crippen molar-refractivity contribution in [2.24, 2.45) is 5.92 Å². The first-order chi connectivity index (χ1) is 20.1. The molecule has 1 aliphatic rings. The fourth-order valence-corrected chi connectivity index (χ4v) is 5.44. The lowest BCUT2D eigenvalue weighted by Gasteiger charge is -2.29. The summed E-state index contributed by atoms with van der Waals surface area (Å²) in [7, 11) is 1.31. The van der Waals surface area contributed by atoms with Gasteiger partial charge in [-0.15, -0.1) is 0 Å². The molecule has 3 heterocycles. The number of benzene rings is 1. The van der Waals surface area contributed by atoms with Crippen molar-refractivity contribution in [1.82, 2.24) is 29.9 Å². The van der Waals surface area contributed by atoms with Gasteiger partial charge in [-0.2, -0.15) is 13.2 Å². The Morgan fingerprint density at radius 3 is 2.38 bits per heavy atom. The number of halogens is 4. The van der Waals surface area contributed by atoms with Crippen LogP contribution in [-0.2, 0) is 17.6 Å². The summed E-state index contributed by atoms with van der Waals surface area (Å²) in [6, 6.07) is 11.1. The van der Waals surface area contributed by atoms with E-state index in [-0.39, 0.29) is 28.4 Å². The third-order valence-corrected chi connectivity index (χ3v) is 7.47. The minimum absolute atomic E-state index is 0.0650. The molecule has 14 heteroatoms. The van der Waals surface area contributed by atoms with Crippen LogP contribution in [0.5, 0.6) is 0 Å². The first kappa shape index (κ1) is 29.3. The molecule has 42 heavy (non-hydrogen) atoms. The molecule has 2 N–H and O–H groups in total. The highest BCUT2D eigenvalue weighted by molar-refractivity contribution is 6.30. The molecule has 3 aromatic heterocycles. The number of hydrogen-bond acceptors (Lipinski definition) is 6. The Morgan fingerprint density at radius 2 is 1.74 bits per heavy atom. The molecule has 0 radical (unpaired) electrons. The van der Waals surface area contributed by atoms with E-state index in [1.54, 1.807) is 10.6 Å². The number of pyridine rings is 2. The summed E-state index contributed by atoms with van der Waals surface area (Å²) in [6.07, 6.45) is -0.113. The second-order valence-corrected chi connectivity index (χ2v) is 10.4. The fourth-order valence-electron chi connectivity index (χ4n) is 5.28. The number of rotatable bonds is 7. The molecule has 4 aromatic rings. The Labute approximate surface area is 242 Å². The molecule has 10 nitrogen and oxygen atoms in total. The van der Waals surface area contributed by atoms with Crippen molar-refractivity contribution in [3.8, 4) is 5.69 Å². The topological polar surface area (TPSA) is 120 Å². The zero-order chi connectivity index (χ0) is 30.0. The van der Waals surface area contributed by atoms with Gasteiger partial charge in [0.15, 0.2) is 5.69 Å². The van der Waals surface area contributed by atoms with Crippen LogP contribution >= 0.6 is 11.6 Å². The molecular formula is C28H26ClF3N6O4. The van der Waals surface area contributed by atoms with Gasteiger partial charge in [-0.25, -0.2) is 20.2 Å². The number of amides is 2. The van der Waals surface area contributed by atoms with Crippen LogP contribution in [0, 0.1) is 5.92 Å². The smallest absolute Gasteiger partial charge is 0.349 e. The normalized spacial score (nSPS) is 17.3. The highest BCUT2D eigenvalue weighted by atomic mass is 35.5. The van der Waals surface area contributed by atoms with E-state index >= 15 is 0 Å². The van der Waals surface area contributed by atoms with Crippen molar-refractivity contribution in [1.29, 1.82) is 0 Å². The Balaban J connectivity index is 1.30. The maximum Gasteiger partial charge on any atom is 0.434 e. The number of imidazole rings is 1. The molecule has 1 fully saturated rings. The molecule has 0 atom stereocenters. The predicted octanol–water partition coefficient (Wildman–Crippen LogP) is 4.53. The van der Waals surface area contributed by atoms with Gasteiger partial charge in [0.1, 0.15) is 5.69 Å². The van der Waals surface area contributed by atoms with Crippen LogP contribution in [0.3, 0.4) is 0 Å². The average molecular weight is 603 g/mol. The zero-order valence-electron chi connectivity index (χ0n) is 22.3. The maximum atomic E-state index is 13.6. The minimum Gasteiger partial charge on any atom is -0.349 e. The van der Waals surface area contributed by atoms with Crippen LogP contribution in [0.25, 0.3) is 16.7 Å². The second-order valence-electron chi connectivity index (χ2n) is 9.99. The number of nitrogens with one attached hydrogen (secondary N) is 2. The first-order valence-electron chi connectivity index (χ1n) is 13.1. The van der Waals surface area contributed by atoms with Gasteiger partial charge in [0.2, 0.25) is 0 Å². The van der Waals surface area contributed by atoms with Gasteiger partial charge in [0.05, 0.1) is 40.6 Å². The van der Waals surface area contributed by atoms with Gasteiger partial charge in [-0.05, 0) is 61.9 Å². The predicted molar refractivity (Wildman–Crippen MR) is 147 cm³/mol. The van der Waals surface area contributed by atoms with E-state index in [1.165, 1.54) is 23.9 Å². The standard InChI is InChI=1S/C28H26ClF3N6O4/c1-42-36-26(40)21-11-10-19(14-33-21)38-23-5-3-2-4-22(23)37(27(38)41)15-16-6-8-18(9-7-16)35-25(39)20-12-17(29)13-34-24(20)28(30,31)32/h2-5,10-14,16,18H,6-9,15H2,1H3,(H,35,39)(H,36,40)/t16-,18-. The number of alkyl halides is 3. The minimum atomic E-state index is -4.79. The number of hydroxylamine groups is 1. The fraction of sp³-hybridized carbons (Fsp3) is 0.321. The van der Waals surface area contributed by atoms with Crippen LogP contribution in [0.2, 0.25) is 5.02 Å². The van der Waals surface area contributed by atoms with E-state index in [0.29, 0.717) is 43.4 Å². The Kier molecular flexibility index (Phi) is 8.32. The number of para-hydroxylation sites is 2. The molecule has 0 spiro atoms. The molecule has 2 amide bonds. The lowest BCUT2D eigenvalue weighted by molar-refractivity contribution is -0.141. The first-order valence-corrected chi connectivity index (χ1v) is 13.5. The second kappa shape index (κ2) is 11.9. The quantitative estimate of drug-likeness (QED) is 0.300. The molecule has 1 saturated carbocycles. The average Bonchev–Trinajstić information content (AvgIpc) is 3.24. The van der Waals surface area contributed by atoms with Crippen molar-refractivity contribution < 1.29 is 27.6 Å². The molecule has 1 aromatic carbocycles. The van der Waals surface area contributed by atoms with Crippen LogP contribution in [0.15, 0.2) is 59.7 Å². The molecule has 0 aliphatic heterocycles. The third kappa shape index (κ3) is 6.02. The van der Waals surface area contributed by atoms with E-state index in [2.05, 4.69) is 25.6 Å². The molecule has 220 valence electrons. The molecule has 0 unspecified atom stereocenters. The number of carbonyl (C=O) groups excluding carboxylic acids is 2. The molecule has 0 saturated heterocycles. The molecule has 0 bridgehead atoms. The van der Waals surface area contributed by atoms with Gasteiger partial charge in [-0.3, -0.25) is 23.6 Å². The number of fused-ring (bicyclic) bond motifs is 1. The molecule has 5 rings (SSSR count). The van der Waals surface area contributed by atoms with Gasteiger partial charge < -0.3 is 5.32 Å². The van der Waals surface area contributed by atoms with Crippen molar-refractivity contribution in [3.63, 3.8) is 0 Å². The number of aromatic nitrogens is 4. The zero-order valence-corrected chi connectivity index (χ0v) is 23.1. The Morgan fingerprint density at radius 1 is 1.02 bits per heavy atom. The monoisotopic (exact) mass is 602 g/mol. The van der Waals surface area contributed by atoms with E-state index < -0.39 is 29.2 Å². The van der Waals surface area contributed by atoms with Crippen molar-refractivity contribution in [3.05, 3.63) is 87.3 Å². The van der Waals surface area contributed by atoms with Crippen LogP contribution in [0.4, 0.5) is 13.2 Å². The summed E-state index contributed by atoms with van der Waals surface area (Å²) in [5.74, 6) is -1.29. The summed E-state index contributed by atoms with van der Waals surface area (Å²) in [5, 5.41) is 2.63. The molecule has 1 aliphatic carbocycles. The highest BCUT2D eigenvalue weighted by Gasteiger charge is 2.38. The number of nitrogens with zero attached hydrogens (tertiary/aromatic N) is 4. The largest absolute Gasteiger partial charge is 0.434 e. The Hall–Kier alpha value is -4.23. The maximum absolute atomic E-state index is 13.6. The van der Waals surface area contributed by atoms with Gasteiger partial charge in [0, 0.05) is 18.8 Å². The molecular weight excluding hydrogens is 577 g/mol. The highest BCUT2D eigenvalue weighted by Crippen LogP contribution is 2.32. The number of hydrogen-bond donors (Lipinski definition) is 2. The van der Waals surface area contributed by atoms with Gasteiger partial charge >= 0.3 is 11.9 Å². The third-order valence-electron chi connectivity index (χ3n) is 7.26. The van der Waals surface area contributed by atoms with E-state index in [4.69, 9.17) is 11.6 Å². The van der Waals surface area contributed by atoms with Crippen LogP contribution in [-0.4, -0.2) is 44.1 Å². The lowest BCUT2D eigenvalue weighted by Crippen LogP contribution is -2.39. The summed E-state index contributed by atoms with van der Waals surface area (Å²) in [4.78, 5) is 50.4. The van der Waals surface area contributed by atoms with E-state index in [9.17, 15) is 27.6 Å². The number of carbonyl (C=O) groups is 2. The van der Waals surface area contributed by atoms with Crippen LogP contribution < -0.4 is 16.5 Å². The van der Waals surface area contributed by atoms with Gasteiger partial charge in [-0.1, -0.05) is 23.7 Å². The summed E-state index contributed by atoms with van der Waals surface area (Å²) >= 11 is 5.81. The SMILES string of the molecule is CONC(=O)c1ccc(-n2c(=O)n(C[C@H]3CC[C@H](NC(=O)c4cc(Cl)cnc4C(F)(F)F)CC3)c3ccccc32)cn1. The Bertz CT molecular complexity index is 1680. The van der Waals surface area contributed by atoms with Crippen molar-refractivity contribution in [2.75, 3.05) is 7.11 Å². The van der Waals surface area contributed by atoms with Crippen molar-refractivity contribution >= 4 is 34.4 Å². The summed E-state index contributed by atoms with van der Waals surface area (Å²) < 4.78 is 43.3. The van der Waals surface area contributed by atoms with Crippen molar-refractivity contribution in [2.45, 2.75) is 44.4 Å².